The third kappa shape index (κ3) is 6.78. The molecule has 6 heteroatoms. The summed E-state index contributed by atoms with van der Waals surface area (Å²) in [6.07, 6.45) is 0. The van der Waals surface area contributed by atoms with Crippen LogP contribution in [0.1, 0.15) is 27.7 Å². The number of nitrogens with zero attached hydrogens (tertiary/aromatic N) is 2. The molecule has 0 saturated carbocycles. The topological polar surface area (TPSA) is 72.1 Å². The zero-order valence-corrected chi connectivity index (χ0v) is 14.9. The highest BCUT2D eigenvalue weighted by molar-refractivity contribution is 5.94. The lowest BCUT2D eigenvalue weighted by Crippen LogP contribution is -2.30. The predicted octanol–water partition coefficient (Wildman–Crippen LogP) is 2.55. The number of nitrogens with one attached hydrogen (secondary N) is 1. The Bertz CT molecular complexity index is 503. The first-order valence-electron chi connectivity index (χ1n) is 8.14. The number of hydrogen-bond donors (Lipinski definition) is 2. The van der Waals surface area contributed by atoms with Gasteiger partial charge in [0.05, 0.1) is 25.4 Å². The maximum Gasteiger partial charge on any atom is 0.193 e. The number of anilines is 1. The Hall–Kier alpha value is -1.95. The van der Waals surface area contributed by atoms with E-state index in [1.807, 2.05) is 32.0 Å². The van der Waals surface area contributed by atoms with Crippen molar-refractivity contribution in [2.75, 3.05) is 38.7 Å². The Morgan fingerprint density at radius 3 is 2.57 bits per heavy atom. The normalized spacial score (nSPS) is 11.9. The molecule has 0 spiro atoms. The fraction of sp³-hybridized carbons (Fsp3) is 0.588. The van der Waals surface area contributed by atoms with Crippen molar-refractivity contribution in [3.05, 3.63) is 18.2 Å². The minimum atomic E-state index is 0.372. The van der Waals surface area contributed by atoms with Crippen molar-refractivity contribution < 1.29 is 9.47 Å². The van der Waals surface area contributed by atoms with Crippen LogP contribution in [0.3, 0.4) is 0 Å². The van der Waals surface area contributed by atoms with Crippen LogP contribution < -0.4 is 20.5 Å². The van der Waals surface area contributed by atoms with E-state index < -0.39 is 0 Å². The van der Waals surface area contributed by atoms with Crippen molar-refractivity contribution in [3.8, 4) is 11.5 Å². The van der Waals surface area contributed by atoms with Gasteiger partial charge >= 0.3 is 0 Å². The highest BCUT2D eigenvalue weighted by atomic mass is 16.5. The Labute approximate surface area is 139 Å². The molecule has 0 atom stereocenters. The molecule has 0 fully saturated rings. The lowest BCUT2D eigenvalue weighted by molar-refractivity contribution is 0.282. The molecule has 0 aliphatic rings. The van der Waals surface area contributed by atoms with E-state index >= 15 is 0 Å². The summed E-state index contributed by atoms with van der Waals surface area (Å²) >= 11 is 0. The van der Waals surface area contributed by atoms with E-state index in [4.69, 9.17) is 15.2 Å². The van der Waals surface area contributed by atoms with Crippen molar-refractivity contribution in [2.45, 2.75) is 33.7 Å². The van der Waals surface area contributed by atoms with Gasteiger partial charge in [-0.3, -0.25) is 4.99 Å². The fourth-order valence-corrected chi connectivity index (χ4v) is 1.91. The van der Waals surface area contributed by atoms with Gasteiger partial charge in [0.15, 0.2) is 5.96 Å². The summed E-state index contributed by atoms with van der Waals surface area (Å²) in [7, 11) is 2.07. The number of aliphatic imine (C=N–C) groups is 1. The number of hydrogen-bond acceptors (Lipinski definition) is 4. The van der Waals surface area contributed by atoms with E-state index in [1.165, 1.54) is 0 Å². The van der Waals surface area contributed by atoms with Crippen LogP contribution in [0, 0.1) is 0 Å². The molecule has 130 valence electrons. The molecule has 0 amide bonds. The largest absolute Gasteiger partial charge is 0.494 e. The maximum absolute atomic E-state index is 5.98. The number of ether oxygens (including phenoxy) is 2. The maximum atomic E-state index is 5.98. The zero-order chi connectivity index (χ0) is 17.2. The molecule has 0 heterocycles. The summed E-state index contributed by atoms with van der Waals surface area (Å²) in [5.74, 6) is 1.87. The average Bonchev–Trinajstić information content (AvgIpc) is 2.50. The second kappa shape index (κ2) is 9.94. The summed E-state index contributed by atoms with van der Waals surface area (Å²) in [6, 6.07) is 6.12. The van der Waals surface area contributed by atoms with Gasteiger partial charge in [-0.15, -0.1) is 0 Å². The van der Waals surface area contributed by atoms with Crippen molar-refractivity contribution in [1.29, 1.82) is 0 Å². The standard InChI is InChI=1S/C17H30N4O2/c1-6-22-14-8-9-16(23-7-2)15(12-14)20-17(18)19-10-11-21(5)13(3)4/h8-9,12-13H,6-7,10-11H2,1-5H3,(H3,18,19,20). The average molecular weight is 322 g/mol. The Balaban J connectivity index is 2.74. The molecule has 23 heavy (non-hydrogen) atoms. The monoisotopic (exact) mass is 322 g/mol. The van der Waals surface area contributed by atoms with Gasteiger partial charge in [-0.2, -0.15) is 0 Å². The quantitative estimate of drug-likeness (QED) is 0.540. The first-order valence-corrected chi connectivity index (χ1v) is 8.14. The van der Waals surface area contributed by atoms with Gasteiger partial charge < -0.3 is 25.4 Å². The number of nitrogens with two attached hydrogens (primary N) is 1. The molecule has 1 aromatic carbocycles. The smallest absolute Gasteiger partial charge is 0.193 e. The van der Waals surface area contributed by atoms with Gasteiger partial charge in [0, 0.05) is 18.7 Å². The third-order valence-electron chi connectivity index (χ3n) is 3.44. The molecular formula is C17H30N4O2. The van der Waals surface area contributed by atoms with Crippen LogP contribution in [0.4, 0.5) is 5.69 Å². The highest BCUT2D eigenvalue weighted by Gasteiger charge is 2.07. The van der Waals surface area contributed by atoms with E-state index in [-0.39, 0.29) is 0 Å². The second-order valence-electron chi connectivity index (χ2n) is 5.49. The fourth-order valence-electron chi connectivity index (χ4n) is 1.91. The summed E-state index contributed by atoms with van der Waals surface area (Å²) < 4.78 is 11.1. The first-order chi connectivity index (χ1) is 11.0. The minimum absolute atomic E-state index is 0.372. The highest BCUT2D eigenvalue weighted by Crippen LogP contribution is 2.29. The van der Waals surface area contributed by atoms with E-state index in [0.29, 0.717) is 31.8 Å². The number of rotatable bonds is 9. The Kier molecular flexibility index (Phi) is 8.26. The molecule has 1 aromatic rings. The molecule has 0 unspecified atom stereocenters. The molecule has 0 aromatic heterocycles. The van der Waals surface area contributed by atoms with Gasteiger partial charge in [0.1, 0.15) is 11.5 Å². The van der Waals surface area contributed by atoms with Crippen LogP contribution in [0.15, 0.2) is 23.2 Å². The summed E-state index contributed by atoms with van der Waals surface area (Å²) in [5, 5.41) is 3.10. The molecular weight excluding hydrogens is 292 g/mol. The van der Waals surface area contributed by atoms with Gasteiger partial charge in [0.25, 0.3) is 0 Å². The lowest BCUT2D eigenvalue weighted by Gasteiger charge is -2.19. The van der Waals surface area contributed by atoms with Crippen molar-refractivity contribution >= 4 is 11.6 Å². The molecule has 0 bridgehead atoms. The minimum Gasteiger partial charge on any atom is -0.494 e. The zero-order valence-electron chi connectivity index (χ0n) is 14.9. The van der Waals surface area contributed by atoms with Gasteiger partial charge in [-0.05, 0) is 46.9 Å². The molecule has 0 aliphatic carbocycles. The van der Waals surface area contributed by atoms with Crippen molar-refractivity contribution in [1.82, 2.24) is 4.90 Å². The number of guanidine groups is 1. The summed E-state index contributed by atoms with van der Waals surface area (Å²) in [6.45, 7) is 10.9. The summed E-state index contributed by atoms with van der Waals surface area (Å²) in [4.78, 5) is 6.58. The third-order valence-corrected chi connectivity index (χ3v) is 3.44. The number of likely N-dealkylation sites (N-methyl/N-ethyl adjacent to an activating group) is 1. The van der Waals surface area contributed by atoms with Crippen LogP contribution >= 0.6 is 0 Å². The Morgan fingerprint density at radius 2 is 1.96 bits per heavy atom. The molecule has 6 nitrogen and oxygen atoms in total. The Morgan fingerprint density at radius 1 is 1.26 bits per heavy atom. The van der Waals surface area contributed by atoms with Gasteiger partial charge in [0.2, 0.25) is 0 Å². The second-order valence-corrected chi connectivity index (χ2v) is 5.49. The van der Waals surface area contributed by atoms with Crippen LogP contribution in [-0.4, -0.2) is 50.3 Å². The molecule has 0 saturated heterocycles. The SMILES string of the molecule is CCOc1ccc(OCC)c(NC(N)=NCCN(C)C(C)C)c1. The van der Waals surface area contributed by atoms with Gasteiger partial charge in [-0.1, -0.05) is 0 Å². The molecule has 3 N–H and O–H groups in total. The molecule has 1 rings (SSSR count). The van der Waals surface area contributed by atoms with Crippen LogP contribution in [0.2, 0.25) is 0 Å². The molecule has 0 aliphatic heterocycles. The van der Waals surface area contributed by atoms with E-state index in [0.717, 1.165) is 23.7 Å². The van der Waals surface area contributed by atoms with Crippen LogP contribution in [0.25, 0.3) is 0 Å². The lowest BCUT2D eigenvalue weighted by atomic mass is 10.2. The first kappa shape index (κ1) is 19.1. The van der Waals surface area contributed by atoms with Crippen LogP contribution in [0.5, 0.6) is 11.5 Å². The van der Waals surface area contributed by atoms with Crippen molar-refractivity contribution in [3.63, 3.8) is 0 Å². The van der Waals surface area contributed by atoms with E-state index in [1.54, 1.807) is 0 Å². The van der Waals surface area contributed by atoms with E-state index in [2.05, 4.69) is 36.1 Å². The van der Waals surface area contributed by atoms with E-state index in [9.17, 15) is 0 Å². The predicted molar refractivity (Wildman–Crippen MR) is 96.7 cm³/mol. The number of benzene rings is 1. The van der Waals surface area contributed by atoms with Crippen LogP contribution in [-0.2, 0) is 0 Å². The summed E-state index contributed by atoms with van der Waals surface area (Å²) in [5.41, 5.74) is 6.74. The van der Waals surface area contributed by atoms with Gasteiger partial charge in [-0.25, -0.2) is 0 Å². The molecule has 0 radical (unpaired) electrons. The van der Waals surface area contributed by atoms with Crippen molar-refractivity contribution in [2.24, 2.45) is 10.7 Å².